The third-order valence-corrected chi connectivity index (χ3v) is 4.51. The molecule has 3 aromatic rings. The van der Waals surface area contributed by atoms with Crippen molar-refractivity contribution in [3.63, 3.8) is 0 Å². The molecule has 0 bridgehead atoms. The van der Waals surface area contributed by atoms with Gasteiger partial charge >= 0.3 is 0 Å². The quantitative estimate of drug-likeness (QED) is 0.719. The molecule has 1 fully saturated rings. The van der Waals surface area contributed by atoms with E-state index < -0.39 is 0 Å². The average molecular weight is 336 g/mol. The lowest BCUT2D eigenvalue weighted by Gasteiger charge is -2.22. The van der Waals surface area contributed by atoms with E-state index in [2.05, 4.69) is 37.4 Å². The summed E-state index contributed by atoms with van der Waals surface area (Å²) in [7, 11) is 1.84. The van der Waals surface area contributed by atoms with Crippen LogP contribution in [0.1, 0.15) is 24.4 Å². The molecule has 1 saturated carbocycles. The predicted molar refractivity (Wildman–Crippen MR) is 95.0 cm³/mol. The van der Waals surface area contributed by atoms with Crippen LogP contribution in [-0.4, -0.2) is 39.4 Å². The van der Waals surface area contributed by atoms with Crippen molar-refractivity contribution < 1.29 is 4.79 Å². The SMILES string of the molecule is CN(CC(=O)NC(c1ccccc1)C1CC1)c1ncnc2nc[nH]c12. The van der Waals surface area contributed by atoms with Crippen LogP contribution >= 0.6 is 0 Å². The Labute approximate surface area is 145 Å². The molecule has 1 atom stereocenters. The number of carbonyl (C=O) groups excluding carboxylic acids is 1. The zero-order valence-corrected chi connectivity index (χ0v) is 14.0. The summed E-state index contributed by atoms with van der Waals surface area (Å²) in [6, 6.07) is 10.3. The molecule has 2 heterocycles. The van der Waals surface area contributed by atoms with Crippen LogP contribution in [0.4, 0.5) is 5.82 Å². The van der Waals surface area contributed by atoms with E-state index in [1.807, 2.05) is 30.1 Å². The first-order valence-corrected chi connectivity index (χ1v) is 8.42. The third kappa shape index (κ3) is 3.31. The van der Waals surface area contributed by atoms with E-state index in [9.17, 15) is 4.79 Å². The fourth-order valence-electron chi connectivity index (χ4n) is 3.11. The smallest absolute Gasteiger partial charge is 0.240 e. The van der Waals surface area contributed by atoms with Gasteiger partial charge in [0.15, 0.2) is 11.5 Å². The summed E-state index contributed by atoms with van der Waals surface area (Å²) in [4.78, 5) is 29.9. The highest BCUT2D eigenvalue weighted by Gasteiger charge is 2.33. The fourth-order valence-corrected chi connectivity index (χ4v) is 3.11. The molecule has 7 nitrogen and oxygen atoms in total. The summed E-state index contributed by atoms with van der Waals surface area (Å²) in [5.74, 6) is 1.19. The number of nitrogens with one attached hydrogen (secondary N) is 2. The van der Waals surface area contributed by atoms with Gasteiger partial charge in [-0.3, -0.25) is 4.79 Å². The molecule has 1 aliphatic carbocycles. The highest BCUT2D eigenvalue weighted by Crippen LogP contribution is 2.40. The van der Waals surface area contributed by atoms with E-state index in [4.69, 9.17) is 0 Å². The molecule has 1 aliphatic rings. The molecule has 0 spiro atoms. The Bertz CT molecular complexity index is 873. The molecule has 7 heteroatoms. The molecule has 1 amide bonds. The second-order valence-electron chi connectivity index (χ2n) is 6.45. The molecular weight excluding hydrogens is 316 g/mol. The van der Waals surface area contributed by atoms with Gasteiger partial charge in [-0.25, -0.2) is 15.0 Å². The molecular formula is C18H20N6O. The molecule has 0 saturated heterocycles. The van der Waals surface area contributed by atoms with Crippen LogP contribution in [0.5, 0.6) is 0 Å². The van der Waals surface area contributed by atoms with Gasteiger partial charge in [-0.05, 0) is 24.3 Å². The van der Waals surface area contributed by atoms with Gasteiger partial charge in [0, 0.05) is 7.05 Å². The van der Waals surface area contributed by atoms with Gasteiger partial charge in [-0.1, -0.05) is 30.3 Å². The van der Waals surface area contributed by atoms with Crippen LogP contribution in [-0.2, 0) is 4.79 Å². The maximum Gasteiger partial charge on any atom is 0.240 e. The van der Waals surface area contributed by atoms with Gasteiger partial charge in [0.1, 0.15) is 11.8 Å². The lowest BCUT2D eigenvalue weighted by Crippen LogP contribution is -2.38. The first-order chi connectivity index (χ1) is 12.2. The largest absolute Gasteiger partial charge is 0.348 e. The van der Waals surface area contributed by atoms with Crippen LogP contribution in [0, 0.1) is 5.92 Å². The lowest BCUT2D eigenvalue weighted by molar-refractivity contribution is -0.120. The van der Waals surface area contributed by atoms with Crippen LogP contribution < -0.4 is 10.2 Å². The first kappa shape index (κ1) is 15.6. The summed E-state index contributed by atoms with van der Waals surface area (Å²) in [6.45, 7) is 0.223. The third-order valence-electron chi connectivity index (χ3n) is 4.51. The number of hydrogen-bond acceptors (Lipinski definition) is 5. The Morgan fingerprint density at radius 2 is 2.08 bits per heavy atom. The van der Waals surface area contributed by atoms with E-state index in [-0.39, 0.29) is 18.5 Å². The minimum absolute atomic E-state index is 0.0190. The number of H-pyrrole nitrogens is 1. The Balaban J connectivity index is 1.47. The topological polar surface area (TPSA) is 86.8 Å². The van der Waals surface area contributed by atoms with Gasteiger partial charge in [0.25, 0.3) is 0 Å². The van der Waals surface area contributed by atoms with Crippen molar-refractivity contribution in [3.05, 3.63) is 48.5 Å². The monoisotopic (exact) mass is 336 g/mol. The number of aromatic amines is 1. The van der Waals surface area contributed by atoms with Crippen LogP contribution in [0.15, 0.2) is 43.0 Å². The summed E-state index contributed by atoms with van der Waals surface area (Å²) >= 11 is 0. The van der Waals surface area contributed by atoms with Gasteiger partial charge in [0.2, 0.25) is 5.91 Å². The van der Waals surface area contributed by atoms with Crippen molar-refractivity contribution in [2.45, 2.75) is 18.9 Å². The molecule has 0 aliphatic heterocycles. The number of amides is 1. The van der Waals surface area contributed by atoms with E-state index in [1.54, 1.807) is 6.33 Å². The van der Waals surface area contributed by atoms with Crippen molar-refractivity contribution in [3.8, 4) is 0 Å². The molecule has 0 radical (unpaired) electrons. The number of carbonyl (C=O) groups is 1. The molecule has 2 N–H and O–H groups in total. The fraction of sp³-hybridized carbons (Fsp3) is 0.333. The standard InChI is InChI=1S/C18H20N6O/c1-24(18-16-17(20-10-19-16)21-11-22-18)9-14(25)23-15(13-7-8-13)12-5-3-2-4-6-12/h2-6,10-11,13,15H,7-9H2,1H3,(H,23,25)(H,19,20,21,22). The highest BCUT2D eigenvalue weighted by molar-refractivity contribution is 5.87. The zero-order chi connectivity index (χ0) is 17.2. The Morgan fingerprint density at radius 3 is 2.84 bits per heavy atom. The maximum absolute atomic E-state index is 12.6. The molecule has 1 aromatic carbocycles. The van der Waals surface area contributed by atoms with E-state index in [1.165, 1.54) is 11.9 Å². The number of anilines is 1. The van der Waals surface area contributed by atoms with Gasteiger partial charge in [-0.15, -0.1) is 0 Å². The molecule has 128 valence electrons. The second kappa shape index (κ2) is 6.51. The number of likely N-dealkylation sites (N-methyl/N-ethyl adjacent to an activating group) is 1. The summed E-state index contributed by atoms with van der Waals surface area (Å²) in [5.41, 5.74) is 2.50. The van der Waals surface area contributed by atoms with Crippen molar-refractivity contribution in [1.29, 1.82) is 0 Å². The Kier molecular flexibility index (Phi) is 4.05. The van der Waals surface area contributed by atoms with Gasteiger partial charge in [0.05, 0.1) is 18.9 Å². The Morgan fingerprint density at radius 1 is 1.28 bits per heavy atom. The number of rotatable bonds is 6. The summed E-state index contributed by atoms with van der Waals surface area (Å²) in [5, 5.41) is 3.19. The van der Waals surface area contributed by atoms with Crippen LogP contribution in [0.3, 0.4) is 0 Å². The van der Waals surface area contributed by atoms with Crippen molar-refractivity contribution in [2.24, 2.45) is 5.92 Å². The minimum atomic E-state index is -0.0190. The number of imidazole rings is 1. The van der Waals surface area contributed by atoms with E-state index in [0.29, 0.717) is 17.4 Å². The predicted octanol–water partition coefficient (Wildman–Crippen LogP) is 2.06. The molecule has 4 rings (SSSR count). The van der Waals surface area contributed by atoms with Crippen molar-refractivity contribution >= 4 is 22.9 Å². The Hall–Kier alpha value is -2.96. The summed E-state index contributed by atoms with van der Waals surface area (Å²) < 4.78 is 0. The normalized spacial score (nSPS) is 15.1. The zero-order valence-electron chi connectivity index (χ0n) is 14.0. The molecule has 25 heavy (non-hydrogen) atoms. The first-order valence-electron chi connectivity index (χ1n) is 8.42. The highest BCUT2D eigenvalue weighted by atomic mass is 16.2. The number of aromatic nitrogens is 4. The van der Waals surface area contributed by atoms with E-state index in [0.717, 1.165) is 18.4 Å². The molecule has 2 aromatic heterocycles. The van der Waals surface area contributed by atoms with Gasteiger partial charge < -0.3 is 15.2 Å². The second-order valence-corrected chi connectivity index (χ2v) is 6.45. The van der Waals surface area contributed by atoms with Gasteiger partial charge in [-0.2, -0.15) is 0 Å². The van der Waals surface area contributed by atoms with Crippen molar-refractivity contribution in [2.75, 3.05) is 18.5 Å². The number of hydrogen-bond donors (Lipinski definition) is 2. The number of benzene rings is 1. The lowest BCUT2D eigenvalue weighted by atomic mass is 10.0. The molecule has 1 unspecified atom stereocenters. The van der Waals surface area contributed by atoms with Crippen LogP contribution in [0.25, 0.3) is 11.2 Å². The number of nitrogens with zero attached hydrogens (tertiary/aromatic N) is 4. The van der Waals surface area contributed by atoms with Crippen molar-refractivity contribution in [1.82, 2.24) is 25.3 Å². The van der Waals surface area contributed by atoms with E-state index >= 15 is 0 Å². The average Bonchev–Trinajstić information content (AvgIpc) is 3.36. The maximum atomic E-state index is 12.6. The minimum Gasteiger partial charge on any atom is -0.348 e. The number of fused-ring (bicyclic) bond motifs is 1. The van der Waals surface area contributed by atoms with Crippen LogP contribution in [0.2, 0.25) is 0 Å². The summed E-state index contributed by atoms with van der Waals surface area (Å²) in [6.07, 6.45) is 5.37.